The van der Waals surface area contributed by atoms with Crippen LogP contribution in [0.1, 0.15) is 27.2 Å². The number of aliphatic hydroxyl groups is 1. The molecule has 0 unspecified atom stereocenters. The summed E-state index contributed by atoms with van der Waals surface area (Å²) in [5.74, 6) is 1.08. The van der Waals surface area contributed by atoms with Gasteiger partial charge in [0.1, 0.15) is 0 Å². The second-order valence-corrected chi connectivity index (χ2v) is 4.79. The fraction of sp³-hybridized carbons (Fsp3) is 0.909. The fourth-order valence-corrected chi connectivity index (χ4v) is 2.16. The van der Waals surface area contributed by atoms with Gasteiger partial charge in [-0.25, -0.2) is 0 Å². The fourth-order valence-electron chi connectivity index (χ4n) is 2.16. The highest BCUT2D eigenvalue weighted by Gasteiger charge is 2.28. The molecule has 0 bridgehead atoms. The first kappa shape index (κ1) is 11.5. The van der Waals surface area contributed by atoms with E-state index in [0.29, 0.717) is 5.92 Å². The van der Waals surface area contributed by atoms with Crippen molar-refractivity contribution in [2.75, 3.05) is 19.7 Å². The Kier molecular flexibility index (Phi) is 3.93. The van der Waals surface area contributed by atoms with Crippen molar-refractivity contribution >= 4 is 5.91 Å². The number of carbonyl (C=O) groups is 1. The van der Waals surface area contributed by atoms with Crippen molar-refractivity contribution in [3.63, 3.8) is 0 Å². The zero-order chi connectivity index (χ0) is 10.7. The molecule has 2 atom stereocenters. The second-order valence-electron chi connectivity index (χ2n) is 4.79. The Morgan fingerprint density at radius 1 is 1.50 bits per heavy atom. The molecule has 0 spiro atoms. The quantitative estimate of drug-likeness (QED) is 0.724. The van der Waals surface area contributed by atoms with Crippen LogP contribution in [0, 0.1) is 17.8 Å². The van der Waals surface area contributed by atoms with Gasteiger partial charge in [0.2, 0.25) is 5.91 Å². The Morgan fingerprint density at radius 3 is 2.64 bits per heavy atom. The molecule has 0 aromatic rings. The van der Waals surface area contributed by atoms with Crippen molar-refractivity contribution in [1.29, 1.82) is 0 Å². The van der Waals surface area contributed by atoms with Gasteiger partial charge in [-0.15, -0.1) is 0 Å². The van der Waals surface area contributed by atoms with Crippen molar-refractivity contribution in [2.45, 2.75) is 27.2 Å². The summed E-state index contributed by atoms with van der Waals surface area (Å²) in [6, 6.07) is 0. The molecule has 3 heteroatoms. The Morgan fingerprint density at radius 2 is 2.14 bits per heavy atom. The van der Waals surface area contributed by atoms with Gasteiger partial charge in [-0.05, 0) is 18.3 Å². The predicted molar refractivity (Wildman–Crippen MR) is 55.8 cm³/mol. The van der Waals surface area contributed by atoms with E-state index in [0.717, 1.165) is 19.5 Å². The summed E-state index contributed by atoms with van der Waals surface area (Å²) >= 11 is 0. The normalized spacial score (nSPS) is 28.2. The van der Waals surface area contributed by atoms with Gasteiger partial charge in [0.15, 0.2) is 0 Å². The molecule has 0 aromatic carbocycles. The van der Waals surface area contributed by atoms with Crippen molar-refractivity contribution < 1.29 is 9.90 Å². The van der Waals surface area contributed by atoms with E-state index < -0.39 is 0 Å². The van der Waals surface area contributed by atoms with Crippen LogP contribution in [0.5, 0.6) is 0 Å². The molecule has 82 valence electrons. The zero-order valence-corrected chi connectivity index (χ0v) is 9.36. The van der Waals surface area contributed by atoms with Crippen molar-refractivity contribution in [3.8, 4) is 0 Å². The molecular weight excluding hydrogens is 178 g/mol. The van der Waals surface area contributed by atoms with Crippen LogP contribution in [0.3, 0.4) is 0 Å². The lowest BCUT2D eigenvalue weighted by molar-refractivity contribution is -0.137. The highest BCUT2D eigenvalue weighted by atomic mass is 16.3. The zero-order valence-electron chi connectivity index (χ0n) is 9.36. The minimum atomic E-state index is 0.0691. The van der Waals surface area contributed by atoms with Crippen LogP contribution in [0.2, 0.25) is 0 Å². The minimum absolute atomic E-state index is 0.0691. The molecule has 0 saturated carbocycles. The molecule has 0 aliphatic carbocycles. The van der Waals surface area contributed by atoms with Gasteiger partial charge in [0.25, 0.3) is 0 Å². The van der Waals surface area contributed by atoms with Crippen LogP contribution >= 0.6 is 0 Å². The molecular formula is C11H21NO2. The molecule has 1 saturated heterocycles. The molecule has 1 aliphatic rings. The van der Waals surface area contributed by atoms with Crippen LogP contribution < -0.4 is 0 Å². The monoisotopic (exact) mass is 199 g/mol. The maximum absolute atomic E-state index is 11.7. The van der Waals surface area contributed by atoms with Crippen LogP contribution in [0.4, 0.5) is 0 Å². The van der Waals surface area contributed by atoms with E-state index in [1.54, 1.807) is 0 Å². The van der Waals surface area contributed by atoms with Gasteiger partial charge < -0.3 is 10.0 Å². The summed E-state index contributed by atoms with van der Waals surface area (Å²) in [5.41, 5.74) is 0. The second kappa shape index (κ2) is 4.78. The number of amides is 1. The van der Waals surface area contributed by atoms with Crippen LogP contribution in [-0.4, -0.2) is 35.6 Å². The van der Waals surface area contributed by atoms with Crippen LogP contribution in [0.15, 0.2) is 0 Å². The number of rotatable bonds is 2. The molecule has 0 aromatic heterocycles. The van der Waals surface area contributed by atoms with E-state index in [4.69, 9.17) is 5.11 Å². The minimum Gasteiger partial charge on any atom is -0.396 e. The predicted octanol–water partition coefficient (Wildman–Crippen LogP) is 1.12. The molecule has 0 radical (unpaired) electrons. The SMILES string of the molecule is CC(C)C(=O)N1C[C@H](C)C[C@@H](CO)C1. The number of hydrogen-bond donors (Lipinski definition) is 1. The summed E-state index contributed by atoms with van der Waals surface area (Å²) in [5, 5.41) is 9.11. The van der Waals surface area contributed by atoms with Gasteiger partial charge in [-0.1, -0.05) is 20.8 Å². The van der Waals surface area contributed by atoms with Gasteiger partial charge in [0.05, 0.1) is 0 Å². The first-order valence-corrected chi connectivity index (χ1v) is 5.44. The summed E-state index contributed by atoms with van der Waals surface area (Å²) < 4.78 is 0. The van der Waals surface area contributed by atoms with E-state index >= 15 is 0 Å². The van der Waals surface area contributed by atoms with Gasteiger partial charge in [-0.2, -0.15) is 0 Å². The molecule has 3 nitrogen and oxygen atoms in total. The van der Waals surface area contributed by atoms with E-state index in [1.165, 1.54) is 0 Å². The molecule has 1 aliphatic heterocycles. The van der Waals surface area contributed by atoms with E-state index in [-0.39, 0.29) is 24.3 Å². The maximum atomic E-state index is 11.7. The van der Waals surface area contributed by atoms with Crippen molar-refractivity contribution in [3.05, 3.63) is 0 Å². The summed E-state index contributed by atoms with van der Waals surface area (Å²) in [6.07, 6.45) is 1.04. The average Bonchev–Trinajstić information content (AvgIpc) is 2.15. The number of likely N-dealkylation sites (tertiary alicyclic amines) is 1. The third-order valence-corrected chi connectivity index (χ3v) is 2.81. The molecule has 1 N–H and O–H groups in total. The van der Waals surface area contributed by atoms with Gasteiger partial charge in [-0.3, -0.25) is 4.79 Å². The first-order valence-electron chi connectivity index (χ1n) is 5.44. The Balaban J connectivity index is 2.57. The number of piperidine rings is 1. The Bertz CT molecular complexity index is 203. The molecule has 1 heterocycles. The summed E-state index contributed by atoms with van der Waals surface area (Å²) in [4.78, 5) is 13.7. The van der Waals surface area contributed by atoms with E-state index in [1.807, 2.05) is 18.7 Å². The topological polar surface area (TPSA) is 40.5 Å². The van der Waals surface area contributed by atoms with Crippen molar-refractivity contribution in [2.24, 2.45) is 17.8 Å². The first-order chi connectivity index (χ1) is 6.54. The lowest BCUT2D eigenvalue weighted by Gasteiger charge is -2.36. The highest BCUT2D eigenvalue weighted by Crippen LogP contribution is 2.22. The lowest BCUT2D eigenvalue weighted by Crippen LogP contribution is -2.45. The summed E-state index contributed by atoms with van der Waals surface area (Å²) in [7, 11) is 0. The number of nitrogens with zero attached hydrogens (tertiary/aromatic N) is 1. The highest BCUT2D eigenvalue weighted by molar-refractivity contribution is 5.78. The van der Waals surface area contributed by atoms with Gasteiger partial charge in [0, 0.05) is 25.6 Å². The maximum Gasteiger partial charge on any atom is 0.225 e. The number of aliphatic hydroxyl groups excluding tert-OH is 1. The molecule has 1 amide bonds. The Labute approximate surface area is 86.1 Å². The molecule has 1 fully saturated rings. The van der Waals surface area contributed by atoms with E-state index in [2.05, 4.69) is 6.92 Å². The number of carbonyl (C=O) groups excluding carboxylic acids is 1. The lowest BCUT2D eigenvalue weighted by atomic mass is 9.90. The van der Waals surface area contributed by atoms with Crippen LogP contribution in [0.25, 0.3) is 0 Å². The van der Waals surface area contributed by atoms with Crippen molar-refractivity contribution in [1.82, 2.24) is 4.90 Å². The molecule has 14 heavy (non-hydrogen) atoms. The largest absolute Gasteiger partial charge is 0.396 e. The van der Waals surface area contributed by atoms with Crippen LogP contribution in [-0.2, 0) is 4.79 Å². The number of hydrogen-bond acceptors (Lipinski definition) is 2. The standard InChI is InChI=1S/C11H21NO2/c1-8(2)11(14)12-5-9(3)4-10(6-12)7-13/h8-10,13H,4-7H2,1-3H3/t9-,10-/m1/s1. The van der Waals surface area contributed by atoms with E-state index in [9.17, 15) is 4.79 Å². The summed E-state index contributed by atoms with van der Waals surface area (Å²) in [6.45, 7) is 7.78. The van der Waals surface area contributed by atoms with Gasteiger partial charge >= 0.3 is 0 Å². The third kappa shape index (κ3) is 2.71. The average molecular weight is 199 g/mol. The smallest absolute Gasteiger partial charge is 0.225 e. The third-order valence-electron chi connectivity index (χ3n) is 2.81. The Hall–Kier alpha value is -0.570. The molecule has 1 rings (SSSR count).